The molecule has 0 bridgehead atoms. The van der Waals surface area contributed by atoms with Gasteiger partial charge >= 0.3 is 5.97 Å². The van der Waals surface area contributed by atoms with Crippen molar-refractivity contribution in [2.75, 3.05) is 0 Å². The van der Waals surface area contributed by atoms with Gasteiger partial charge in [-0.2, -0.15) is 0 Å². The maximum atomic E-state index is 11.8. The largest absolute Gasteiger partial charge is 0.478 e. The highest BCUT2D eigenvalue weighted by Crippen LogP contribution is 2.24. The standard InChI is InChI=1S/C13H8ClNO4/c14-9-1-2-11-10(5-9)8(7-16)6-15(11)12(17)3-4-13(18)19/h1-7H,(H,18,19)/b4-3+. The summed E-state index contributed by atoms with van der Waals surface area (Å²) < 4.78 is 1.20. The van der Waals surface area contributed by atoms with E-state index in [0.29, 0.717) is 27.8 Å². The number of rotatable bonds is 3. The second-order valence-corrected chi connectivity index (χ2v) is 4.18. The lowest BCUT2D eigenvalue weighted by atomic mass is 10.2. The first-order valence-electron chi connectivity index (χ1n) is 5.24. The number of halogens is 1. The zero-order chi connectivity index (χ0) is 14.0. The van der Waals surface area contributed by atoms with Crippen LogP contribution in [0.15, 0.2) is 36.5 Å². The smallest absolute Gasteiger partial charge is 0.328 e. The molecule has 2 rings (SSSR count). The Morgan fingerprint density at radius 3 is 2.63 bits per heavy atom. The quantitative estimate of drug-likeness (QED) is 0.690. The van der Waals surface area contributed by atoms with E-state index >= 15 is 0 Å². The molecule has 0 fully saturated rings. The highest BCUT2D eigenvalue weighted by molar-refractivity contribution is 6.31. The fraction of sp³-hybridized carbons (Fsp3) is 0. The number of carboxylic acids is 1. The van der Waals surface area contributed by atoms with E-state index in [1.807, 2.05) is 0 Å². The average molecular weight is 278 g/mol. The molecule has 19 heavy (non-hydrogen) atoms. The van der Waals surface area contributed by atoms with Crippen molar-refractivity contribution >= 4 is 40.7 Å². The van der Waals surface area contributed by atoms with Crippen LogP contribution in [-0.4, -0.2) is 27.8 Å². The van der Waals surface area contributed by atoms with E-state index in [-0.39, 0.29) is 0 Å². The van der Waals surface area contributed by atoms with Crippen LogP contribution in [0.4, 0.5) is 0 Å². The molecule has 0 atom stereocenters. The number of fused-ring (bicyclic) bond motifs is 1. The molecular formula is C13H8ClNO4. The number of benzene rings is 1. The maximum absolute atomic E-state index is 11.8. The fourth-order valence-corrected chi connectivity index (χ4v) is 1.90. The first-order valence-corrected chi connectivity index (χ1v) is 5.62. The van der Waals surface area contributed by atoms with Crippen molar-refractivity contribution in [1.29, 1.82) is 0 Å². The Labute approximate surface area is 112 Å². The van der Waals surface area contributed by atoms with E-state index in [2.05, 4.69) is 0 Å². The summed E-state index contributed by atoms with van der Waals surface area (Å²) >= 11 is 5.84. The Morgan fingerprint density at radius 1 is 1.26 bits per heavy atom. The van der Waals surface area contributed by atoms with Crippen LogP contribution in [0.2, 0.25) is 5.02 Å². The van der Waals surface area contributed by atoms with Gasteiger partial charge in [-0.15, -0.1) is 0 Å². The van der Waals surface area contributed by atoms with Crippen LogP contribution < -0.4 is 0 Å². The van der Waals surface area contributed by atoms with Gasteiger partial charge in [-0.3, -0.25) is 14.2 Å². The van der Waals surface area contributed by atoms with Crippen LogP contribution in [0.5, 0.6) is 0 Å². The summed E-state index contributed by atoms with van der Waals surface area (Å²) in [6.45, 7) is 0. The number of allylic oxidation sites excluding steroid dienone is 1. The Balaban J connectivity index is 2.58. The zero-order valence-corrected chi connectivity index (χ0v) is 10.3. The first kappa shape index (κ1) is 13.0. The molecule has 0 unspecified atom stereocenters. The summed E-state index contributed by atoms with van der Waals surface area (Å²) in [6.07, 6.45) is 3.63. The van der Waals surface area contributed by atoms with Gasteiger partial charge in [0.05, 0.1) is 5.52 Å². The van der Waals surface area contributed by atoms with Gasteiger partial charge < -0.3 is 5.11 Å². The molecular weight excluding hydrogens is 270 g/mol. The maximum Gasteiger partial charge on any atom is 0.328 e. The molecule has 1 aromatic carbocycles. The third kappa shape index (κ3) is 2.56. The van der Waals surface area contributed by atoms with Gasteiger partial charge in [-0.1, -0.05) is 11.6 Å². The zero-order valence-electron chi connectivity index (χ0n) is 9.54. The molecule has 0 saturated carbocycles. The second kappa shape index (κ2) is 5.07. The topological polar surface area (TPSA) is 76.4 Å². The van der Waals surface area contributed by atoms with E-state index < -0.39 is 11.9 Å². The molecule has 0 saturated heterocycles. The van der Waals surface area contributed by atoms with Crippen LogP contribution in [0, 0.1) is 0 Å². The Hall–Kier alpha value is -2.40. The number of carbonyl (C=O) groups excluding carboxylic acids is 2. The second-order valence-electron chi connectivity index (χ2n) is 3.74. The highest BCUT2D eigenvalue weighted by atomic mass is 35.5. The summed E-state index contributed by atoms with van der Waals surface area (Å²) in [7, 11) is 0. The Morgan fingerprint density at radius 2 is 2.00 bits per heavy atom. The molecule has 2 aromatic rings. The summed E-state index contributed by atoms with van der Waals surface area (Å²) in [4.78, 5) is 33.2. The van der Waals surface area contributed by atoms with Crippen molar-refractivity contribution in [3.05, 3.63) is 47.1 Å². The monoisotopic (exact) mass is 277 g/mol. The van der Waals surface area contributed by atoms with Crippen molar-refractivity contribution in [2.45, 2.75) is 0 Å². The lowest BCUT2D eigenvalue weighted by molar-refractivity contribution is -0.131. The summed E-state index contributed by atoms with van der Waals surface area (Å²) in [5, 5.41) is 9.48. The highest BCUT2D eigenvalue weighted by Gasteiger charge is 2.12. The number of hydrogen-bond donors (Lipinski definition) is 1. The Bertz CT molecular complexity index is 715. The lowest BCUT2D eigenvalue weighted by Gasteiger charge is -1.99. The summed E-state index contributed by atoms with van der Waals surface area (Å²) in [6, 6.07) is 4.76. The minimum absolute atomic E-state index is 0.314. The molecule has 0 spiro atoms. The van der Waals surface area contributed by atoms with Crippen molar-refractivity contribution in [1.82, 2.24) is 4.57 Å². The molecule has 0 amide bonds. The fourth-order valence-electron chi connectivity index (χ4n) is 1.73. The van der Waals surface area contributed by atoms with Crippen LogP contribution >= 0.6 is 11.6 Å². The van der Waals surface area contributed by atoms with Crippen LogP contribution in [0.1, 0.15) is 15.2 Å². The van der Waals surface area contributed by atoms with Gasteiger partial charge in [0.1, 0.15) is 0 Å². The molecule has 1 heterocycles. The third-order valence-corrected chi connectivity index (χ3v) is 2.77. The molecule has 96 valence electrons. The van der Waals surface area contributed by atoms with E-state index in [9.17, 15) is 14.4 Å². The predicted molar refractivity (Wildman–Crippen MR) is 69.7 cm³/mol. The van der Waals surface area contributed by atoms with Crippen LogP contribution in [0.3, 0.4) is 0 Å². The van der Waals surface area contributed by atoms with Gasteiger partial charge in [0.25, 0.3) is 5.91 Å². The number of aromatic nitrogens is 1. The number of aldehydes is 1. The predicted octanol–water partition coefficient (Wildman–Crippen LogP) is 2.39. The van der Waals surface area contributed by atoms with E-state index in [1.54, 1.807) is 18.2 Å². The van der Waals surface area contributed by atoms with E-state index in [0.717, 1.165) is 12.2 Å². The minimum atomic E-state index is -1.22. The van der Waals surface area contributed by atoms with E-state index in [4.69, 9.17) is 16.7 Å². The van der Waals surface area contributed by atoms with Gasteiger partial charge in [0.2, 0.25) is 0 Å². The van der Waals surface area contributed by atoms with Gasteiger partial charge in [0.15, 0.2) is 6.29 Å². The van der Waals surface area contributed by atoms with Crippen molar-refractivity contribution in [3.63, 3.8) is 0 Å². The molecule has 1 N–H and O–H groups in total. The van der Waals surface area contributed by atoms with Crippen molar-refractivity contribution < 1.29 is 19.5 Å². The van der Waals surface area contributed by atoms with Gasteiger partial charge in [-0.05, 0) is 18.2 Å². The number of carbonyl (C=O) groups is 3. The third-order valence-electron chi connectivity index (χ3n) is 2.53. The normalized spacial score (nSPS) is 11.0. The number of nitrogens with zero attached hydrogens (tertiary/aromatic N) is 1. The molecule has 0 aliphatic carbocycles. The number of carboxylic acid groups (broad SMARTS) is 1. The number of hydrogen-bond acceptors (Lipinski definition) is 3. The molecule has 6 heteroatoms. The lowest BCUT2D eigenvalue weighted by Crippen LogP contribution is -2.06. The summed E-state index contributed by atoms with van der Waals surface area (Å²) in [5.41, 5.74) is 0.807. The van der Waals surface area contributed by atoms with Crippen LogP contribution in [-0.2, 0) is 4.79 Å². The summed E-state index contributed by atoms with van der Waals surface area (Å²) in [5.74, 6) is -1.77. The van der Waals surface area contributed by atoms with E-state index in [1.165, 1.54) is 10.8 Å². The average Bonchev–Trinajstić information content (AvgIpc) is 2.73. The Kier molecular flexibility index (Phi) is 3.48. The first-order chi connectivity index (χ1) is 9.02. The van der Waals surface area contributed by atoms with Crippen molar-refractivity contribution in [2.24, 2.45) is 0 Å². The van der Waals surface area contributed by atoms with Gasteiger partial charge in [-0.25, -0.2) is 4.79 Å². The SMILES string of the molecule is O=Cc1cn(C(=O)/C=C/C(=O)O)c2ccc(Cl)cc12. The van der Waals surface area contributed by atoms with Crippen molar-refractivity contribution in [3.8, 4) is 0 Å². The van der Waals surface area contributed by atoms with Gasteiger partial charge in [0, 0.05) is 34.3 Å². The van der Waals surface area contributed by atoms with Crippen LogP contribution in [0.25, 0.3) is 10.9 Å². The molecule has 0 aliphatic heterocycles. The molecule has 5 nitrogen and oxygen atoms in total. The molecule has 0 radical (unpaired) electrons. The number of aliphatic carboxylic acids is 1. The molecule has 0 aliphatic rings. The molecule has 1 aromatic heterocycles. The minimum Gasteiger partial charge on any atom is -0.478 e.